The van der Waals surface area contributed by atoms with Gasteiger partial charge in [-0.25, -0.2) is 0 Å². The number of nitrogens with zero attached hydrogens (tertiary/aromatic N) is 1. The minimum Gasteiger partial charge on any atom is -0.256 e. The second-order valence-electron chi connectivity index (χ2n) is 4.21. The van der Waals surface area contributed by atoms with Crippen molar-refractivity contribution in [2.45, 2.75) is 6.92 Å². The van der Waals surface area contributed by atoms with E-state index in [0.717, 1.165) is 11.3 Å². The number of benzene rings is 1. The minimum absolute atomic E-state index is 1.03. The van der Waals surface area contributed by atoms with Crippen molar-refractivity contribution in [2.24, 2.45) is 0 Å². The predicted molar refractivity (Wildman–Crippen MR) is 77.7 cm³/mol. The van der Waals surface area contributed by atoms with Crippen molar-refractivity contribution in [1.29, 1.82) is 0 Å². The maximum absolute atomic E-state index is 4.45. The average Bonchev–Trinajstić information content (AvgIpc) is 2.87. The van der Waals surface area contributed by atoms with Crippen LogP contribution in [-0.4, -0.2) is 4.98 Å². The van der Waals surface area contributed by atoms with E-state index in [9.17, 15) is 0 Å². The normalized spacial score (nSPS) is 10.5. The number of hydrogen-bond donors (Lipinski definition) is 0. The van der Waals surface area contributed by atoms with Gasteiger partial charge in [-0.3, -0.25) is 4.98 Å². The largest absolute Gasteiger partial charge is 0.256 e. The Hall–Kier alpha value is -1.93. The molecule has 0 amide bonds. The molecule has 0 bridgehead atoms. The average molecular weight is 251 g/mol. The van der Waals surface area contributed by atoms with Gasteiger partial charge in [-0.15, -0.1) is 11.3 Å². The molecule has 1 nitrogen and oxygen atoms in total. The highest BCUT2D eigenvalue weighted by Crippen LogP contribution is 2.29. The third-order valence-electron chi connectivity index (χ3n) is 2.85. The molecule has 0 saturated heterocycles. The number of aryl methyl sites for hydroxylation is 1. The van der Waals surface area contributed by atoms with Crippen LogP contribution in [0.4, 0.5) is 0 Å². The minimum atomic E-state index is 1.03. The molecule has 1 aromatic carbocycles. The van der Waals surface area contributed by atoms with Gasteiger partial charge < -0.3 is 0 Å². The summed E-state index contributed by atoms with van der Waals surface area (Å²) in [6.45, 7) is 2.13. The highest BCUT2D eigenvalue weighted by Gasteiger charge is 2.04. The molecule has 88 valence electrons. The van der Waals surface area contributed by atoms with Crippen molar-refractivity contribution in [2.75, 3.05) is 0 Å². The summed E-state index contributed by atoms with van der Waals surface area (Å²) in [6, 6.07) is 18.8. The highest BCUT2D eigenvalue weighted by atomic mass is 32.1. The fourth-order valence-corrected chi connectivity index (χ4v) is 2.80. The van der Waals surface area contributed by atoms with Gasteiger partial charge in [0.05, 0.1) is 5.69 Å². The van der Waals surface area contributed by atoms with Crippen LogP contribution >= 0.6 is 11.3 Å². The molecule has 2 heteroatoms. The zero-order valence-electron chi connectivity index (χ0n) is 10.1. The number of rotatable bonds is 2. The maximum atomic E-state index is 4.45. The van der Waals surface area contributed by atoms with E-state index < -0.39 is 0 Å². The van der Waals surface area contributed by atoms with E-state index in [-0.39, 0.29) is 0 Å². The van der Waals surface area contributed by atoms with E-state index in [1.54, 1.807) is 0 Å². The lowest BCUT2D eigenvalue weighted by Gasteiger charge is -2.03. The molecule has 3 aromatic rings. The molecule has 0 N–H and O–H groups in total. The molecule has 2 aromatic heterocycles. The molecule has 0 spiro atoms. The lowest BCUT2D eigenvalue weighted by atomic mass is 10.1. The molecule has 0 saturated carbocycles. The molecular formula is C16H13NS. The molecule has 0 aliphatic rings. The van der Waals surface area contributed by atoms with Gasteiger partial charge in [0, 0.05) is 21.5 Å². The van der Waals surface area contributed by atoms with Crippen LogP contribution in [0.5, 0.6) is 0 Å². The molecule has 0 radical (unpaired) electrons. The Labute approximate surface area is 111 Å². The van der Waals surface area contributed by atoms with E-state index >= 15 is 0 Å². The molecule has 0 fully saturated rings. The first-order chi connectivity index (χ1) is 8.83. The van der Waals surface area contributed by atoms with E-state index in [0.29, 0.717) is 0 Å². The van der Waals surface area contributed by atoms with Crippen LogP contribution in [-0.2, 0) is 0 Å². The van der Waals surface area contributed by atoms with E-state index in [2.05, 4.69) is 48.3 Å². The Morgan fingerprint density at radius 2 is 1.72 bits per heavy atom. The molecule has 0 aliphatic carbocycles. The van der Waals surface area contributed by atoms with Crippen molar-refractivity contribution >= 4 is 11.3 Å². The first-order valence-electron chi connectivity index (χ1n) is 5.91. The number of pyridine rings is 1. The Balaban J connectivity index is 2.05. The Morgan fingerprint density at radius 3 is 2.44 bits per heavy atom. The fourth-order valence-electron chi connectivity index (χ4n) is 1.94. The monoisotopic (exact) mass is 251 g/mol. The standard InChI is InChI=1S/C16H13NS/c1-12-7-8-16(18-12)14-9-10-17-15(11-14)13-5-3-2-4-6-13/h2-11H,1H3. The predicted octanol–water partition coefficient (Wildman–Crippen LogP) is 4.79. The van der Waals surface area contributed by atoms with Crippen molar-refractivity contribution in [1.82, 2.24) is 4.98 Å². The summed E-state index contributed by atoms with van der Waals surface area (Å²) in [7, 11) is 0. The summed E-state index contributed by atoms with van der Waals surface area (Å²) in [4.78, 5) is 7.08. The quantitative estimate of drug-likeness (QED) is 0.638. The number of aromatic nitrogens is 1. The summed E-state index contributed by atoms with van der Waals surface area (Å²) in [5, 5.41) is 0. The Morgan fingerprint density at radius 1 is 0.889 bits per heavy atom. The Bertz CT molecular complexity index is 656. The third-order valence-corrected chi connectivity index (χ3v) is 3.90. The highest BCUT2D eigenvalue weighted by molar-refractivity contribution is 7.15. The van der Waals surface area contributed by atoms with Crippen molar-refractivity contribution in [3.63, 3.8) is 0 Å². The number of hydrogen-bond acceptors (Lipinski definition) is 2. The lowest BCUT2D eigenvalue weighted by Crippen LogP contribution is -1.83. The summed E-state index contributed by atoms with van der Waals surface area (Å²) in [5.41, 5.74) is 3.42. The van der Waals surface area contributed by atoms with E-state index in [1.807, 2.05) is 35.7 Å². The Kier molecular flexibility index (Phi) is 2.95. The molecule has 0 unspecified atom stereocenters. The van der Waals surface area contributed by atoms with Crippen LogP contribution in [0.1, 0.15) is 4.88 Å². The van der Waals surface area contributed by atoms with Crippen LogP contribution in [0.3, 0.4) is 0 Å². The summed E-state index contributed by atoms with van der Waals surface area (Å²) in [5.74, 6) is 0. The van der Waals surface area contributed by atoms with Crippen LogP contribution in [0.15, 0.2) is 60.8 Å². The van der Waals surface area contributed by atoms with Crippen LogP contribution < -0.4 is 0 Å². The summed E-state index contributed by atoms with van der Waals surface area (Å²) in [6.07, 6.45) is 1.88. The summed E-state index contributed by atoms with van der Waals surface area (Å²) >= 11 is 1.82. The molecule has 0 atom stereocenters. The van der Waals surface area contributed by atoms with Crippen LogP contribution in [0, 0.1) is 6.92 Å². The third kappa shape index (κ3) is 2.20. The number of thiophene rings is 1. The first-order valence-corrected chi connectivity index (χ1v) is 6.73. The molecular weight excluding hydrogens is 238 g/mol. The molecule has 3 rings (SSSR count). The topological polar surface area (TPSA) is 12.9 Å². The van der Waals surface area contributed by atoms with Gasteiger partial charge in [0.2, 0.25) is 0 Å². The van der Waals surface area contributed by atoms with Gasteiger partial charge in [0.1, 0.15) is 0 Å². The van der Waals surface area contributed by atoms with Crippen molar-refractivity contribution in [3.05, 3.63) is 65.7 Å². The van der Waals surface area contributed by atoms with Gasteiger partial charge >= 0.3 is 0 Å². The van der Waals surface area contributed by atoms with Gasteiger partial charge in [-0.1, -0.05) is 30.3 Å². The SMILES string of the molecule is Cc1ccc(-c2ccnc(-c3ccccc3)c2)s1. The fraction of sp³-hybridized carbons (Fsp3) is 0.0625. The van der Waals surface area contributed by atoms with Gasteiger partial charge in [0.25, 0.3) is 0 Å². The second-order valence-corrected chi connectivity index (χ2v) is 5.49. The zero-order chi connectivity index (χ0) is 12.4. The van der Waals surface area contributed by atoms with E-state index in [4.69, 9.17) is 0 Å². The zero-order valence-corrected chi connectivity index (χ0v) is 10.9. The smallest absolute Gasteiger partial charge is 0.0708 e. The van der Waals surface area contributed by atoms with Crippen LogP contribution in [0.2, 0.25) is 0 Å². The van der Waals surface area contributed by atoms with Crippen molar-refractivity contribution < 1.29 is 0 Å². The van der Waals surface area contributed by atoms with Crippen LogP contribution in [0.25, 0.3) is 21.7 Å². The summed E-state index contributed by atoms with van der Waals surface area (Å²) < 4.78 is 0. The van der Waals surface area contributed by atoms with E-state index in [1.165, 1.54) is 15.3 Å². The van der Waals surface area contributed by atoms with Crippen molar-refractivity contribution in [3.8, 4) is 21.7 Å². The molecule has 0 aliphatic heterocycles. The lowest BCUT2D eigenvalue weighted by molar-refractivity contribution is 1.33. The maximum Gasteiger partial charge on any atom is 0.0708 e. The first kappa shape index (κ1) is 11.2. The van der Waals surface area contributed by atoms with Gasteiger partial charge in [-0.05, 0) is 36.8 Å². The molecule has 18 heavy (non-hydrogen) atoms. The van der Waals surface area contributed by atoms with Gasteiger partial charge in [-0.2, -0.15) is 0 Å². The van der Waals surface area contributed by atoms with Gasteiger partial charge in [0.15, 0.2) is 0 Å². The molecule has 2 heterocycles. The second kappa shape index (κ2) is 4.75.